The number of carbonyl (C=O) groups is 1. The van der Waals surface area contributed by atoms with Crippen molar-refractivity contribution >= 4 is 5.97 Å². The Hall–Kier alpha value is -2.45. The summed E-state index contributed by atoms with van der Waals surface area (Å²) < 4.78 is 41.2. The third kappa shape index (κ3) is 8.52. The van der Waals surface area contributed by atoms with Gasteiger partial charge < -0.3 is 10.0 Å². The van der Waals surface area contributed by atoms with E-state index in [-0.39, 0.29) is 29.9 Å². The lowest BCUT2D eigenvalue weighted by Gasteiger charge is -2.32. The first kappa shape index (κ1) is 29.5. The highest BCUT2D eigenvalue weighted by molar-refractivity contribution is 5.73. The van der Waals surface area contributed by atoms with Crippen molar-refractivity contribution in [1.82, 2.24) is 14.8 Å². The summed E-state index contributed by atoms with van der Waals surface area (Å²) in [5.41, 5.74) is 0.892. The van der Waals surface area contributed by atoms with Crippen LogP contribution in [0, 0.1) is 17.7 Å². The molecule has 0 radical (unpaired) electrons. The zero-order valence-electron chi connectivity index (χ0n) is 23.0. The fourth-order valence-corrected chi connectivity index (χ4v) is 6.00. The molecule has 1 saturated carbocycles. The molecule has 3 fully saturated rings. The maximum Gasteiger partial charge on any atom is 0.320 e. The quantitative estimate of drug-likeness (QED) is 0.387. The lowest BCUT2D eigenvalue weighted by molar-refractivity contribution is -0.143. The highest BCUT2D eigenvalue weighted by atomic mass is 19.3. The summed E-state index contributed by atoms with van der Waals surface area (Å²) in [7, 11) is 2.08. The van der Waals surface area contributed by atoms with E-state index in [0.29, 0.717) is 18.3 Å². The van der Waals surface area contributed by atoms with Crippen LogP contribution in [0.5, 0.6) is 0 Å². The highest BCUT2D eigenvalue weighted by Gasteiger charge is 2.36. The molecule has 0 spiro atoms. The van der Waals surface area contributed by atoms with E-state index < -0.39 is 11.9 Å². The van der Waals surface area contributed by atoms with Crippen molar-refractivity contribution in [2.24, 2.45) is 11.8 Å². The molecule has 1 aromatic heterocycles. The summed E-state index contributed by atoms with van der Waals surface area (Å²) in [6, 6.07) is 11.0. The number of aliphatic carboxylic acids is 1. The van der Waals surface area contributed by atoms with Gasteiger partial charge in [0.25, 0.3) is 5.92 Å². The van der Waals surface area contributed by atoms with Gasteiger partial charge in [0.1, 0.15) is 17.6 Å². The molecule has 1 aromatic carbocycles. The minimum absolute atomic E-state index is 0.0849. The minimum atomic E-state index is -2.79. The second-order valence-electron chi connectivity index (χ2n) is 11.6. The summed E-state index contributed by atoms with van der Waals surface area (Å²) in [5.74, 6) is -2.43. The number of alkyl halides is 2. The van der Waals surface area contributed by atoms with Crippen molar-refractivity contribution in [3.05, 3.63) is 65.7 Å². The predicted molar refractivity (Wildman–Crippen MR) is 146 cm³/mol. The van der Waals surface area contributed by atoms with Crippen molar-refractivity contribution in [1.29, 1.82) is 0 Å². The van der Waals surface area contributed by atoms with Crippen LogP contribution in [0.2, 0.25) is 0 Å². The number of carboxylic acids is 1. The molecule has 0 bridgehead atoms. The van der Waals surface area contributed by atoms with Crippen LogP contribution in [0.4, 0.5) is 13.2 Å². The molecule has 2 saturated heterocycles. The van der Waals surface area contributed by atoms with Gasteiger partial charge in [-0.3, -0.25) is 14.7 Å². The van der Waals surface area contributed by atoms with Crippen LogP contribution < -0.4 is 0 Å². The van der Waals surface area contributed by atoms with E-state index in [2.05, 4.69) is 21.8 Å². The van der Waals surface area contributed by atoms with Crippen LogP contribution in [0.15, 0.2) is 48.7 Å². The average molecular weight is 546 g/mol. The minimum Gasteiger partial charge on any atom is -0.480 e. The summed E-state index contributed by atoms with van der Waals surface area (Å²) >= 11 is 0. The molecule has 1 N–H and O–H groups in total. The molecule has 3 aliphatic rings. The summed E-state index contributed by atoms with van der Waals surface area (Å²) in [4.78, 5) is 19.7. The first-order valence-electron chi connectivity index (χ1n) is 14.4. The average Bonchev–Trinajstić information content (AvgIpc) is 3.38. The molecule has 5 rings (SSSR count). The van der Waals surface area contributed by atoms with E-state index in [0.717, 1.165) is 57.4 Å². The second-order valence-corrected chi connectivity index (χ2v) is 11.6. The standard InChI is InChI=1S/C17H22FNO2.C14H20F2N2/c18-15-6-2-5-13(10-15)14-7-8-19(11-14)16(17(20)21)9-12-3-1-4-12;1-18-10-6-12(7-11-18)5-8-14(15,16)13-4-2-3-9-17-13/h2,5-6,10,12,14,16H,1,3-4,7-9,11H2,(H,20,21);2-4,9,12H,5-8,10-11H2,1H3. The number of aromatic nitrogens is 1. The number of nitrogens with zero attached hydrogens (tertiary/aromatic N) is 3. The fraction of sp³-hybridized carbons (Fsp3) is 0.613. The molecule has 2 aliphatic heterocycles. The number of rotatable bonds is 9. The number of likely N-dealkylation sites (tertiary alicyclic amines) is 2. The Morgan fingerprint density at radius 3 is 2.44 bits per heavy atom. The molecule has 5 nitrogen and oxygen atoms in total. The molecule has 3 heterocycles. The van der Waals surface area contributed by atoms with Crippen LogP contribution in [-0.2, 0) is 10.7 Å². The maximum atomic E-state index is 13.9. The van der Waals surface area contributed by atoms with Crippen molar-refractivity contribution in [3.63, 3.8) is 0 Å². The molecule has 2 atom stereocenters. The molecular formula is C31H42F3N3O2. The molecule has 2 unspecified atom stereocenters. The highest BCUT2D eigenvalue weighted by Crippen LogP contribution is 2.36. The lowest BCUT2D eigenvalue weighted by Crippen LogP contribution is -2.41. The summed E-state index contributed by atoms with van der Waals surface area (Å²) in [6.07, 6.45) is 9.28. The second kappa shape index (κ2) is 13.8. The molecule has 1 aliphatic carbocycles. The lowest BCUT2D eigenvalue weighted by atomic mass is 9.80. The van der Waals surface area contributed by atoms with Crippen LogP contribution >= 0.6 is 0 Å². The van der Waals surface area contributed by atoms with Gasteiger partial charge in [-0.15, -0.1) is 0 Å². The predicted octanol–water partition coefficient (Wildman–Crippen LogP) is 6.55. The Bertz CT molecular complexity index is 1040. The SMILES string of the molecule is CN1CCC(CCC(F)(F)c2ccccn2)CC1.O=C(O)C(CC1CCC1)N1CCC(c2cccc(F)c2)C1. The van der Waals surface area contributed by atoms with Gasteiger partial charge in [-0.25, -0.2) is 4.39 Å². The van der Waals surface area contributed by atoms with Crippen molar-refractivity contribution in [2.45, 2.75) is 75.7 Å². The van der Waals surface area contributed by atoms with Crippen LogP contribution in [0.3, 0.4) is 0 Å². The van der Waals surface area contributed by atoms with Gasteiger partial charge >= 0.3 is 5.97 Å². The number of pyridine rings is 1. The Morgan fingerprint density at radius 2 is 1.82 bits per heavy atom. The molecule has 8 heteroatoms. The van der Waals surface area contributed by atoms with E-state index in [1.54, 1.807) is 24.3 Å². The first-order valence-corrected chi connectivity index (χ1v) is 14.4. The zero-order valence-corrected chi connectivity index (χ0v) is 23.0. The van der Waals surface area contributed by atoms with Gasteiger partial charge in [0.2, 0.25) is 0 Å². The van der Waals surface area contributed by atoms with Gasteiger partial charge in [-0.1, -0.05) is 37.5 Å². The van der Waals surface area contributed by atoms with E-state index >= 15 is 0 Å². The number of hydrogen-bond donors (Lipinski definition) is 1. The Kier molecular flexibility index (Phi) is 10.4. The Balaban J connectivity index is 0.000000183. The van der Waals surface area contributed by atoms with Gasteiger partial charge in [0.05, 0.1) is 0 Å². The van der Waals surface area contributed by atoms with E-state index in [4.69, 9.17) is 0 Å². The van der Waals surface area contributed by atoms with Crippen molar-refractivity contribution < 1.29 is 23.1 Å². The third-order valence-electron chi connectivity index (χ3n) is 8.79. The normalized spacial score (nSPS) is 22.1. The topological polar surface area (TPSA) is 56.7 Å². The maximum absolute atomic E-state index is 13.9. The van der Waals surface area contributed by atoms with Gasteiger partial charge in [-0.05, 0) is 106 Å². The van der Waals surface area contributed by atoms with E-state index in [9.17, 15) is 23.1 Å². The Labute approximate surface area is 230 Å². The van der Waals surface area contributed by atoms with Gasteiger partial charge in [0, 0.05) is 19.2 Å². The van der Waals surface area contributed by atoms with Gasteiger partial charge in [0.15, 0.2) is 0 Å². The number of benzene rings is 1. The summed E-state index contributed by atoms with van der Waals surface area (Å²) in [6.45, 7) is 3.58. The molecule has 2 aromatic rings. The van der Waals surface area contributed by atoms with E-state index in [1.807, 2.05) is 6.07 Å². The van der Waals surface area contributed by atoms with E-state index in [1.165, 1.54) is 37.6 Å². The zero-order chi connectivity index (χ0) is 27.8. The van der Waals surface area contributed by atoms with Crippen LogP contribution in [0.1, 0.15) is 75.0 Å². The Morgan fingerprint density at radius 1 is 1.05 bits per heavy atom. The molecule has 214 valence electrons. The first-order chi connectivity index (χ1) is 18.7. The largest absolute Gasteiger partial charge is 0.480 e. The molecule has 0 amide bonds. The number of hydrogen-bond acceptors (Lipinski definition) is 4. The van der Waals surface area contributed by atoms with Crippen molar-refractivity contribution in [3.8, 4) is 0 Å². The number of carboxylic acid groups (broad SMARTS) is 1. The third-order valence-corrected chi connectivity index (χ3v) is 8.79. The number of halogens is 3. The smallest absolute Gasteiger partial charge is 0.320 e. The fourth-order valence-electron chi connectivity index (χ4n) is 6.00. The van der Waals surface area contributed by atoms with Gasteiger partial charge in [-0.2, -0.15) is 8.78 Å². The van der Waals surface area contributed by atoms with Crippen LogP contribution in [-0.4, -0.2) is 65.1 Å². The molecule has 39 heavy (non-hydrogen) atoms. The number of piperidine rings is 1. The monoisotopic (exact) mass is 545 g/mol. The van der Waals surface area contributed by atoms with Crippen LogP contribution in [0.25, 0.3) is 0 Å². The molecular weight excluding hydrogens is 503 g/mol. The van der Waals surface area contributed by atoms with Crippen molar-refractivity contribution in [2.75, 3.05) is 33.2 Å². The summed E-state index contributed by atoms with van der Waals surface area (Å²) in [5, 5.41) is 9.50.